The van der Waals surface area contributed by atoms with Crippen LogP contribution in [-0.4, -0.2) is 38.7 Å². The zero-order valence-electron chi connectivity index (χ0n) is 14.1. The lowest BCUT2D eigenvalue weighted by atomic mass is 10.1. The average Bonchev–Trinajstić information content (AvgIpc) is 2.64. The maximum atomic E-state index is 12.1. The van der Waals surface area contributed by atoms with Crippen LogP contribution in [0.15, 0.2) is 42.5 Å². The second kappa shape index (κ2) is 8.87. The first kappa shape index (κ1) is 19.3. The smallest absolute Gasteiger partial charge is 0.337 e. The van der Waals surface area contributed by atoms with Crippen LogP contribution < -0.4 is 10.1 Å². The van der Waals surface area contributed by atoms with Gasteiger partial charge in [-0.3, -0.25) is 4.79 Å². The van der Waals surface area contributed by atoms with E-state index in [1.165, 1.54) is 32.4 Å². The monoisotopic (exact) mass is 377 g/mol. The van der Waals surface area contributed by atoms with E-state index in [0.29, 0.717) is 10.8 Å². The van der Waals surface area contributed by atoms with Crippen molar-refractivity contribution in [3.63, 3.8) is 0 Å². The van der Waals surface area contributed by atoms with Gasteiger partial charge in [-0.2, -0.15) is 0 Å². The predicted octanol–water partition coefficient (Wildman–Crippen LogP) is 2.93. The van der Waals surface area contributed by atoms with Crippen molar-refractivity contribution in [2.75, 3.05) is 26.1 Å². The molecule has 0 spiro atoms. The number of rotatable bonds is 6. The third-order valence-corrected chi connectivity index (χ3v) is 3.46. The van der Waals surface area contributed by atoms with Crippen molar-refractivity contribution < 1.29 is 28.6 Å². The molecule has 0 aliphatic carbocycles. The van der Waals surface area contributed by atoms with Crippen LogP contribution in [0, 0.1) is 0 Å². The van der Waals surface area contributed by atoms with Gasteiger partial charge in [-0.25, -0.2) is 9.59 Å². The second-order valence-corrected chi connectivity index (χ2v) is 5.51. The van der Waals surface area contributed by atoms with E-state index in [9.17, 15) is 14.4 Å². The first-order valence-corrected chi connectivity index (χ1v) is 7.80. The summed E-state index contributed by atoms with van der Waals surface area (Å²) >= 11 is 5.84. The molecule has 0 saturated heterocycles. The highest BCUT2D eigenvalue weighted by Crippen LogP contribution is 2.19. The summed E-state index contributed by atoms with van der Waals surface area (Å²) in [6.07, 6.45) is 0. The Morgan fingerprint density at radius 1 is 0.962 bits per heavy atom. The van der Waals surface area contributed by atoms with Gasteiger partial charge in [0.25, 0.3) is 5.91 Å². The third-order valence-electron chi connectivity index (χ3n) is 3.22. The molecule has 0 bridgehead atoms. The summed E-state index contributed by atoms with van der Waals surface area (Å²) in [5.74, 6) is -1.35. The standard InChI is InChI=1S/C18H16ClNO6/c1-24-17(22)11-6-12(18(23)25-2)8-14(7-11)20-16(21)10-26-15-5-3-4-13(19)9-15/h3-9H,10H2,1-2H3,(H,20,21). The average molecular weight is 378 g/mol. The van der Waals surface area contributed by atoms with Crippen molar-refractivity contribution in [3.8, 4) is 5.75 Å². The molecule has 0 saturated carbocycles. The lowest BCUT2D eigenvalue weighted by Gasteiger charge is -2.10. The summed E-state index contributed by atoms with van der Waals surface area (Å²) in [6.45, 7) is -0.281. The van der Waals surface area contributed by atoms with E-state index >= 15 is 0 Å². The van der Waals surface area contributed by atoms with Gasteiger partial charge in [-0.05, 0) is 36.4 Å². The number of nitrogens with one attached hydrogen (secondary N) is 1. The number of hydrogen-bond acceptors (Lipinski definition) is 6. The minimum absolute atomic E-state index is 0.0986. The van der Waals surface area contributed by atoms with Gasteiger partial charge in [0, 0.05) is 10.7 Å². The van der Waals surface area contributed by atoms with Gasteiger partial charge in [-0.15, -0.1) is 0 Å². The van der Waals surface area contributed by atoms with Crippen molar-refractivity contribution in [1.29, 1.82) is 0 Å². The van der Waals surface area contributed by atoms with Gasteiger partial charge >= 0.3 is 11.9 Å². The summed E-state index contributed by atoms with van der Waals surface area (Å²) in [6, 6.07) is 10.7. The van der Waals surface area contributed by atoms with Crippen molar-refractivity contribution in [1.82, 2.24) is 0 Å². The van der Waals surface area contributed by atoms with Crippen molar-refractivity contribution >= 4 is 35.1 Å². The summed E-state index contributed by atoms with van der Waals surface area (Å²) < 4.78 is 14.6. The Morgan fingerprint density at radius 2 is 1.58 bits per heavy atom. The second-order valence-electron chi connectivity index (χ2n) is 5.08. The largest absolute Gasteiger partial charge is 0.484 e. The van der Waals surface area contributed by atoms with Crippen LogP contribution in [0.1, 0.15) is 20.7 Å². The molecule has 0 aromatic heterocycles. The predicted molar refractivity (Wildman–Crippen MR) is 94.7 cm³/mol. The Labute approximate surface area is 154 Å². The van der Waals surface area contributed by atoms with Crippen LogP contribution in [-0.2, 0) is 14.3 Å². The van der Waals surface area contributed by atoms with Gasteiger partial charge in [0.05, 0.1) is 25.3 Å². The van der Waals surface area contributed by atoms with Gasteiger partial charge < -0.3 is 19.5 Å². The molecule has 0 atom stereocenters. The Kier molecular flexibility index (Phi) is 6.57. The fraction of sp³-hybridized carbons (Fsp3) is 0.167. The number of hydrogen-bond donors (Lipinski definition) is 1. The first-order valence-electron chi connectivity index (χ1n) is 7.43. The summed E-state index contributed by atoms with van der Waals surface area (Å²) in [4.78, 5) is 35.5. The fourth-order valence-electron chi connectivity index (χ4n) is 2.07. The molecule has 1 amide bonds. The molecular formula is C18H16ClNO6. The minimum atomic E-state index is -0.651. The summed E-state index contributed by atoms with van der Waals surface area (Å²) in [7, 11) is 2.43. The van der Waals surface area contributed by atoms with E-state index in [-0.39, 0.29) is 23.4 Å². The summed E-state index contributed by atoms with van der Waals surface area (Å²) in [5, 5.41) is 3.04. The Balaban J connectivity index is 2.12. The number of ether oxygens (including phenoxy) is 3. The normalized spacial score (nSPS) is 9.96. The molecule has 0 heterocycles. The number of halogens is 1. The van der Waals surface area contributed by atoms with Crippen LogP contribution in [0.5, 0.6) is 5.75 Å². The number of anilines is 1. The molecule has 7 nitrogen and oxygen atoms in total. The van der Waals surface area contributed by atoms with E-state index in [1.54, 1.807) is 24.3 Å². The van der Waals surface area contributed by atoms with E-state index in [0.717, 1.165) is 0 Å². The lowest BCUT2D eigenvalue weighted by Crippen LogP contribution is -2.21. The minimum Gasteiger partial charge on any atom is -0.484 e. The molecule has 1 N–H and O–H groups in total. The topological polar surface area (TPSA) is 90.9 Å². The van der Waals surface area contributed by atoms with Crippen molar-refractivity contribution in [2.24, 2.45) is 0 Å². The molecule has 2 aromatic rings. The molecule has 0 fully saturated rings. The van der Waals surface area contributed by atoms with Crippen LogP contribution in [0.2, 0.25) is 5.02 Å². The first-order chi connectivity index (χ1) is 12.4. The van der Waals surface area contributed by atoms with Crippen LogP contribution in [0.3, 0.4) is 0 Å². The molecule has 0 aliphatic heterocycles. The van der Waals surface area contributed by atoms with Gasteiger partial charge in [0.15, 0.2) is 6.61 Å². The third kappa shape index (κ3) is 5.22. The molecule has 2 rings (SSSR count). The van der Waals surface area contributed by atoms with Crippen LogP contribution >= 0.6 is 11.6 Å². The van der Waals surface area contributed by atoms with E-state index in [1.807, 2.05) is 0 Å². The zero-order chi connectivity index (χ0) is 19.1. The molecule has 26 heavy (non-hydrogen) atoms. The van der Waals surface area contributed by atoms with Gasteiger partial charge in [0.1, 0.15) is 5.75 Å². The zero-order valence-corrected chi connectivity index (χ0v) is 14.8. The number of carbonyl (C=O) groups excluding carboxylic acids is 3. The quantitative estimate of drug-likeness (QED) is 0.778. The maximum absolute atomic E-state index is 12.1. The molecule has 0 unspecified atom stereocenters. The molecule has 2 aromatic carbocycles. The van der Waals surface area contributed by atoms with Crippen LogP contribution in [0.4, 0.5) is 5.69 Å². The highest BCUT2D eigenvalue weighted by atomic mass is 35.5. The molecule has 136 valence electrons. The van der Waals surface area contributed by atoms with Crippen molar-refractivity contribution in [2.45, 2.75) is 0 Å². The Morgan fingerprint density at radius 3 is 2.12 bits per heavy atom. The Hall–Kier alpha value is -3.06. The molecular weight excluding hydrogens is 362 g/mol. The maximum Gasteiger partial charge on any atom is 0.337 e. The fourth-order valence-corrected chi connectivity index (χ4v) is 2.25. The number of carbonyl (C=O) groups is 3. The van der Waals surface area contributed by atoms with E-state index in [4.69, 9.17) is 16.3 Å². The highest BCUT2D eigenvalue weighted by molar-refractivity contribution is 6.30. The molecule has 0 aliphatic rings. The highest BCUT2D eigenvalue weighted by Gasteiger charge is 2.15. The van der Waals surface area contributed by atoms with E-state index < -0.39 is 17.8 Å². The number of esters is 2. The number of amides is 1. The molecule has 8 heteroatoms. The SMILES string of the molecule is COC(=O)c1cc(NC(=O)COc2cccc(Cl)c2)cc(C(=O)OC)c1. The van der Waals surface area contributed by atoms with Crippen LogP contribution in [0.25, 0.3) is 0 Å². The number of methoxy groups -OCH3 is 2. The Bertz CT molecular complexity index is 802. The number of benzene rings is 2. The van der Waals surface area contributed by atoms with Gasteiger partial charge in [0.2, 0.25) is 0 Å². The summed E-state index contributed by atoms with van der Waals surface area (Å²) in [5.41, 5.74) is 0.427. The van der Waals surface area contributed by atoms with Gasteiger partial charge in [-0.1, -0.05) is 17.7 Å². The molecule has 0 radical (unpaired) electrons. The van der Waals surface area contributed by atoms with E-state index in [2.05, 4.69) is 14.8 Å². The van der Waals surface area contributed by atoms with Crippen molar-refractivity contribution in [3.05, 3.63) is 58.6 Å². The lowest BCUT2D eigenvalue weighted by molar-refractivity contribution is -0.118.